The average Bonchev–Trinajstić information content (AvgIpc) is 2.86. The molecule has 1 heterocycles. The number of halogens is 2. The van der Waals surface area contributed by atoms with Gasteiger partial charge in [-0.1, -0.05) is 30.1 Å². The molecule has 6 heteroatoms. The average molecular weight is 301 g/mol. The summed E-state index contributed by atoms with van der Waals surface area (Å²) in [5.74, 6) is 0.744. The number of guanidine groups is 1. The van der Waals surface area contributed by atoms with Crippen LogP contribution in [0.15, 0.2) is 17.1 Å². The third-order valence-electron chi connectivity index (χ3n) is 2.92. The van der Waals surface area contributed by atoms with Crippen molar-refractivity contribution in [2.24, 2.45) is 4.99 Å². The summed E-state index contributed by atoms with van der Waals surface area (Å²) >= 11 is 12.6. The van der Waals surface area contributed by atoms with E-state index in [0.717, 1.165) is 43.4 Å². The van der Waals surface area contributed by atoms with Crippen molar-refractivity contribution in [3.8, 4) is 0 Å². The fraction of sp³-hybridized carbons (Fsp3) is 0.462. The van der Waals surface area contributed by atoms with Crippen molar-refractivity contribution in [1.29, 1.82) is 0 Å². The zero-order valence-corrected chi connectivity index (χ0v) is 12.6. The molecule has 2 N–H and O–H groups in total. The monoisotopic (exact) mass is 300 g/mol. The van der Waals surface area contributed by atoms with Crippen molar-refractivity contribution in [2.45, 2.75) is 13.3 Å². The number of nitrogens with one attached hydrogen (secondary N) is 2. The van der Waals surface area contributed by atoms with Crippen LogP contribution in [0.25, 0.3) is 0 Å². The Balaban J connectivity index is 2.27. The van der Waals surface area contributed by atoms with Gasteiger partial charge in [0, 0.05) is 25.2 Å². The van der Waals surface area contributed by atoms with Gasteiger partial charge < -0.3 is 15.5 Å². The highest BCUT2D eigenvalue weighted by molar-refractivity contribution is 6.38. The van der Waals surface area contributed by atoms with Crippen LogP contribution in [0, 0.1) is 0 Å². The predicted molar refractivity (Wildman–Crippen MR) is 84.0 cm³/mol. The summed E-state index contributed by atoms with van der Waals surface area (Å²) < 4.78 is 0. The molecule has 0 amide bonds. The van der Waals surface area contributed by atoms with Crippen LogP contribution >= 0.6 is 23.2 Å². The van der Waals surface area contributed by atoms with E-state index >= 15 is 0 Å². The number of hydrogen-bond donors (Lipinski definition) is 2. The second-order valence-electron chi connectivity index (χ2n) is 4.49. The first-order chi connectivity index (χ1) is 9.11. The standard InChI is InChI=1S/C13H18Cl2N4/c1-3-6-19(2)11-8-9(14)7-10(12(11)15)18-13-16-4-5-17-13/h7-8H,3-6H2,1-2H3,(H2,16,17,18). The van der Waals surface area contributed by atoms with E-state index in [-0.39, 0.29) is 0 Å². The van der Waals surface area contributed by atoms with Crippen LogP contribution in [0.2, 0.25) is 10.0 Å². The molecule has 0 aromatic heterocycles. The minimum absolute atomic E-state index is 0.656. The highest BCUT2D eigenvalue weighted by Crippen LogP contribution is 2.36. The molecule has 0 atom stereocenters. The highest BCUT2D eigenvalue weighted by Gasteiger charge is 2.14. The molecule has 2 rings (SSSR count). The van der Waals surface area contributed by atoms with Gasteiger partial charge in [0.15, 0.2) is 5.96 Å². The number of nitrogens with zero attached hydrogens (tertiary/aromatic N) is 2. The van der Waals surface area contributed by atoms with E-state index in [1.54, 1.807) is 0 Å². The largest absolute Gasteiger partial charge is 0.373 e. The van der Waals surface area contributed by atoms with Gasteiger partial charge >= 0.3 is 0 Å². The number of anilines is 2. The van der Waals surface area contributed by atoms with Gasteiger partial charge in [0.2, 0.25) is 0 Å². The first-order valence-corrected chi connectivity index (χ1v) is 7.13. The Kier molecular flexibility index (Phi) is 4.77. The van der Waals surface area contributed by atoms with Gasteiger partial charge in [0.1, 0.15) is 0 Å². The summed E-state index contributed by atoms with van der Waals surface area (Å²) in [5, 5.41) is 7.65. The van der Waals surface area contributed by atoms with Crippen LogP contribution in [0.4, 0.5) is 11.4 Å². The molecule has 1 aliphatic rings. The van der Waals surface area contributed by atoms with Crippen LogP contribution in [0.3, 0.4) is 0 Å². The number of rotatable bonds is 4. The lowest BCUT2D eigenvalue weighted by atomic mass is 10.2. The second-order valence-corrected chi connectivity index (χ2v) is 5.30. The molecule has 0 saturated heterocycles. The van der Waals surface area contributed by atoms with Crippen molar-refractivity contribution >= 4 is 40.5 Å². The molecule has 0 bridgehead atoms. The molecule has 1 aromatic rings. The summed E-state index contributed by atoms with van der Waals surface area (Å²) in [7, 11) is 2.01. The van der Waals surface area contributed by atoms with Crippen molar-refractivity contribution in [2.75, 3.05) is 36.9 Å². The van der Waals surface area contributed by atoms with Crippen molar-refractivity contribution < 1.29 is 0 Å². The molecule has 0 aliphatic carbocycles. The quantitative estimate of drug-likeness (QED) is 0.897. The Morgan fingerprint density at radius 2 is 2.21 bits per heavy atom. The van der Waals surface area contributed by atoms with Crippen LogP contribution in [0.1, 0.15) is 13.3 Å². The molecule has 19 heavy (non-hydrogen) atoms. The van der Waals surface area contributed by atoms with Gasteiger partial charge in [-0.05, 0) is 18.6 Å². The number of benzene rings is 1. The predicted octanol–water partition coefficient (Wildman–Crippen LogP) is 3.21. The van der Waals surface area contributed by atoms with E-state index in [2.05, 4.69) is 27.4 Å². The summed E-state index contributed by atoms with van der Waals surface area (Å²) in [6.07, 6.45) is 1.05. The summed E-state index contributed by atoms with van der Waals surface area (Å²) in [6, 6.07) is 3.70. The Morgan fingerprint density at radius 3 is 2.84 bits per heavy atom. The van der Waals surface area contributed by atoms with E-state index in [1.165, 1.54) is 0 Å². The lowest BCUT2D eigenvalue weighted by molar-refractivity contribution is 0.852. The van der Waals surface area contributed by atoms with Crippen molar-refractivity contribution in [1.82, 2.24) is 5.32 Å². The molecule has 0 unspecified atom stereocenters. The van der Waals surface area contributed by atoms with E-state index in [9.17, 15) is 0 Å². The summed E-state index contributed by atoms with van der Waals surface area (Å²) in [5.41, 5.74) is 1.71. The molecule has 1 aromatic carbocycles. The Labute approximate surface area is 123 Å². The van der Waals surface area contributed by atoms with Crippen molar-refractivity contribution in [3.05, 3.63) is 22.2 Å². The summed E-state index contributed by atoms with van der Waals surface area (Å²) in [4.78, 5) is 6.39. The molecule has 104 valence electrons. The molecule has 0 radical (unpaired) electrons. The van der Waals surface area contributed by atoms with Crippen LogP contribution in [0.5, 0.6) is 0 Å². The Morgan fingerprint density at radius 1 is 1.42 bits per heavy atom. The maximum Gasteiger partial charge on any atom is 0.195 e. The fourth-order valence-electron chi connectivity index (χ4n) is 2.01. The third kappa shape index (κ3) is 3.45. The summed E-state index contributed by atoms with van der Waals surface area (Å²) in [6.45, 7) is 4.69. The van der Waals surface area contributed by atoms with Gasteiger partial charge in [0.05, 0.1) is 22.9 Å². The topological polar surface area (TPSA) is 39.7 Å². The third-order valence-corrected chi connectivity index (χ3v) is 3.53. The van der Waals surface area contributed by atoms with Gasteiger partial charge in [-0.25, -0.2) is 0 Å². The van der Waals surface area contributed by atoms with Crippen LogP contribution < -0.4 is 15.5 Å². The highest BCUT2D eigenvalue weighted by atomic mass is 35.5. The van der Waals surface area contributed by atoms with Crippen molar-refractivity contribution in [3.63, 3.8) is 0 Å². The van der Waals surface area contributed by atoms with Gasteiger partial charge in [-0.15, -0.1) is 0 Å². The minimum Gasteiger partial charge on any atom is -0.373 e. The Hall–Kier alpha value is -1.13. The molecule has 0 spiro atoms. The molecular weight excluding hydrogens is 283 g/mol. The van der Waals surface area contributed by atoms with E-state index < -0.39 is 0 Å². The zero-order valence-electron chi connectivity index (χ0n) is 11.1. The number of aliphatic imine (C=N–C) groups is 1. The SMILES string of the molecule is CCCN(C)c1cc(Cl)cc(NC2=NCCN2)c1Cl. The fourth-order valence-corrected chi connectivity index (χ4v) is 2.52. The minimum atomic E-state index is 0.656. The Bertz CT molecular complexity index is 488. The lowest BCUT2D eigenvalue weighted by Gasteiger charge is -2.22. The number of hydrogen-bond acceptors (Lipinski definition) is 4. The smallest absolute Gasteiger partial charge is 0.195 e. The van der Waals surface area contributed by atoms with Gasteiger partial charge in [-0.2, -0.15) is 0 Å². The molecular formula is C13H18Cl2N4. The second kappa shape index (κ2) is 6.35. The molecule has 0 saturated carbocycles. The zero-order chi connectivity index (χ0) is 13.8. The molecule has 4 nitrogen and oxygen atoms in total. The van der Waals surface area contributed by atoms with E-state index in [1.807, 2.05) is 19.2 Å². The first kappa shape index (κ1) is 14.3. The van der Waals surface area contributed by atoms with Crippen LogP contribution in [-0.4, -0.2) is 32.6 Å². The maximum atomic E-state index is 6.44. The molecule has 1 aliphatic heterocycles. The lowest BCUT2D eigenvalue weighted by Crippen LogP contribution is -2.26. The maximum absolute atomic E-state index is 6.44. The van der Waals surface area contributed by atoms with Gasteiger partial charge in [0.25, 0.3) is 0 Å². The molecule has 0 fully saturated rings. The van der Waals surface area contributed by atoms with E-state index in [4.69, 9.17) is 23.2 Å². The normalized spacial score (nSPS) is 14.0. The van der Waals surface area contributed by atoms with Gasteiger partial charge in [-0.3, -0.25) is 4.99 Å². The van der Waals surface area contributed by atoms with Crippen LogP contribution in [-0.2, 0) is 0 Å². The first-order valence-electron chi connectivity index (χ1n) is 6.37. The van der Waals surface area contributed by atoms with E-state index in [0.29, 0.717) is 10.0 Å².